The molecule has 2 aromatic rings. The number of aliphatic hydroxyl groups is 1. The molecule has 0 aromatic heterocycles. The van der Waals surface area contributed by atoms with E-state index in [0.717, 1.165) is 90.0 Å². The van der Waals surface area contributed by atoms with Gasteiger partial charge in [0.15, 0.2) is 113 Å². The van der Waals surface area contributed by atoms with Crippen LogP contribution in [0, 0.1) is 5.92 Å². The maximum atomic E-state index is 15.4. The summed E-state index contributed by atoms with van der Waals surface area (Å²) in [6.07, 6.45) is -59.1. The summed E-state index contributed by atoms with van der Waals surface area (Å²) < 4.78 is 170. The third-order valence-electron chi connectivity index (χ3n) is 22.3. The number of carbonyl (C=O) groups is 15. The van der Waals surface area contributed by atoms with E-state index in [1.165, 1.54) is 58.0 Å². The molecule has 48 heteroatoms. The number of nitrogens with zero attached hydrogens (tertiary/aromatic N) is 3. The van der Waals surface area contributed by atoms with Crippen molar-refractivity contribution < 1.29 is 205 Å². The SMILES string of the molecule is CC(=O)NC1[C@H](O[C@H]2C(OC(C)=O)C(COC(C)=O)O[C@@H](O[C@H]3C(O)C(CO[Si](C)(C)C(C)(C)C)O[C@@H](O[C@H](C)[C@H](C)C(=O)OCc4ccccc4)C3N=[N+]=[N-])C2OC(=O)c2ccccc2)OC(COC(C)=O)C(O[C@@H]2OC(COC(C)=O)C(OC(C)=O)[C@H](OC(C)=O)C2OC2OC(C)[C@H](OC(C)=O)C(OC(C)=O)[C@@H]2OC(C)=O)[C@@H]1O[C@H]1OC(C)C(OC(C)=O)[C@H](OC(C)=O)C1OC(C)=O. The number of hydrogen-bond acceptors (Lipinski definition) is 44. The minimum Gasteiger partial charge on any atom is -0.463 e. The molecular formula is C87H120N4O43Si. The van der Waals surface area contributed by atoms with Crippen molar-refractivity contribution in [3.8, 4) is 0 Å². The highest BCUT2D eigenvalue weighted by Gasteiger charge is 2.64. The zero-order chi connectivity index (χ0) is 100. The van der Waals surface area contributed by atoms with Gasteiger partial charge in [0, 0.05) is 94.9 Å². The van der Waals surface area contributed by atoms with Gasteiger partial charge in [0.25, 0.3) is 0 Å². The lowest BCUT2D eigenvalue weighted by Crippen LogP contribution is -2.72. The Bertz CT molecular complexity index is 4500. The predicted octanol–water partition coefficient (Wildman–Crippen LogP) is 3.95. The van der Waals surface area contributed by atoms with E-state index >= 15 is 4.79 Å². The van der Waals surface area contributed by atoms with Gasteiger partial charge in [0.1, 0.15) is 93.4 Å². The second-order valence-electron chi connectivity index (χ2n) is 34.1. The summed E-state index contributed by atoms with van der Waals surface area (Å²) in [5, 5.41) is 19.3. The van der Waals surface area contributed by atoms with Gasteiger partial charge in [-0.3, -0.25) is 67.1 Å². The van der Waals surface area contributed by atoms with Crippen LogP contribution in [0.25, 0.3) is 10.4 Å². The van der Waals surface area contributed by atoms with Crippen LogP contribution in [0.3, 0.4) is 0 Å². The van der Waals surface area contributed by atoms with Crippen LogP contribution >= 0.6 is 0 Å². The van der Waals surface area contributed by atoms with Crippen molar-refractivity contribution in [2.45, 2.75) is 353 Å². The van der Waals surface area contributed by atoms with Crippen LogP contribution in [-0.4, -0.2) is 320 Å². The van der Waals surface area contributed by atoms with Crippen molar-refractivity contribution in [1.29, 1.82) is 0 Å². The van der Waals surface area contributed by atoms with Crippen LogP contribution in [0.15, 0.2) is 65.8 Å². The molecule has 0 spiro atoms. The molecule has 2 aromatic carbocycles. The van der Waals surface area contributed by atoms with E-state index < -0.39 is 325 Å². The van der Waals surface area contributed by atoms with E-state index in [0.29, 0.717) is 5.56 Å². The Morgan fingerprint density at radius 1 is 0.407 bits per heavy atom. The summed E-state index contributed by atoms with van der Waals surface area (Å²) in [6, 6.07) is 11.5. The van der Waals surface area contributed by atoms with Crippen molar-refractivity contribution in [3.05, 3.63) is 82.2 Å². The topological polar surface area (TPSA) is 586 Å². The third kappa shape index (κ3) is 30.7. The van der Waals surface area contributed by atoms with Crippen molar-refractivity contribution in [2.75, 3.05) is 26.4 Å². The fourth-order valence-corrected chi connectivity index (χ4v) is 16.2. The Hall–Kier alpha value is -10.5. The Morgan fingerprint density at radius 3 is 1.20 bits per heavy atom. The lowest BCUT2D eigenvalue weighted by atomic mass is 9.93. The van der Waals surface area contributed by atoms with Gasteiger partial charge in [-0.25, -0.2) is 4.79 Å². The van der Waals surface area contributed by atoms with Crippen molar-refractivity contribution >= 4 is 97.8 Å². The minimum absolute atomic E-state index is 0.153. The predicted molar refractivity (Wildman–Crippen MR) is 449 cm³/mol. The van der Waals surface area contributed by atoms with Gasteiger partial charge in [-0.05, 0) is 69.1 Å². The number of carbonyl (C=O) groups excluding carboxylic acids is 15. The van der Waals surface area contributed by atoms with E-state index in [9.17, 15) is 77.8 Å². The first-order valence-electron chi connectivity index (χ1n) is 43.3. The number of azide groups is 1. The molecule has 8 rings (SSSR count). The van der Waals surface area contributed by atoms with Gasteiger partial charge in [0.2, 0.25) is 5.91 Å². The molecular weight excluding hydrogens is 1820 g/mol. The number of ether oxygens (including phenoxy) is 26. The largest absolute Gasteiger partial charge is 0.463 e. The lowest BCUT2D eigenvalue weighted by molar-refractivity contribution is -0.400. The van der Waals surface area contributed by atoms with E-state index in [2.05, 4.69) is 15.3 Å². The maximum Gasteiger partial charge on any atom is 0.338 e. The molecule has 2 N–H and O–H groups in total. The van der Waals surface area contributed by atoms with Crippen LogP contribution < -0.4 is 5.32 Å². The van der Waals surface area contributed by atoms with E-state index in [1.807, 2.05) is 33.9 Å². The number of esters is 14. The quantitative estimate of drug-likeness (QED) is 0.0240. The standard InChI is InChI=1S/C87H120N4O43Si/c1-38(79(106)111-33-55-29-25-23-26-30-55)39(2)113-82-62(90-91-88)69(63(105)57(125-82)37-112-135(21,22)87(18,19)20)131-85-77(129-80(107)56-31-27-24-28-32-56)74(68(119-49(12)99)60(127-85)36-110-45(8)95)133-81-61(89-42(5)92)70(132-83-75(123-53(16)103)71(120-50(13)100)64(40(3)114-83)116-46(9)96)66(58(126-81)34-108-43(6)93)130-86-78(73(122-52(15)102)67(118-48(11)98)59(128-86)35-109-44(7)94)134-84-76(124-54(17)104)72(121-51(14)101)65(41(4)115-84)117-47(10)97/h23-32,38-41,57-78,81-86,105H,33-37H2,1-22H3,(H,89,92)/t38-,39+,40?,41?,57?,58?,59?,60?,61?,62?,63?,64?,65-,66?,67?,68?,69+,70+,71-,72?,73-,74-,75?,76-,77?,78?,81-,82+,83+,84?,85-,86-/m0/s1. The molecule has 0 radical (unpaired) electrons. The highest BCUT2D eigenvalue weighted by Crippen LogP contribution is 2.44. The van der Waals surface area contributed by atoms with Crippen LogP contribution in [0.4, 0.5) is 0 Å². The number of nitrogens with one attached hydrogen (secondary N) is 1. The average molecular weight is 1940 g/mol. The number of benzene rings is 2. The first-order valence-corrected chi connectivity index (χ1v) is 46.2. The number of aliphatic hydroxyl groups excluding tert-OH is 1. The molecule has 6 fully saturated rings. The minimum atomic E-state index is -2.87. The van der Waals surface area contributed by atoms with Gasteiger partial charge in [-0.1, -0.05) is 74.4 Å². The molecule has 6 aliphatic rings. The lowest BCUT2D eigenvalue weighted by Gasteiger charge is -2.53. The van der Waals surface area contributed by atoms with Gasteiger partial charge in [0.05, 0.1) is 36.4 Å². The fourth-order valence-electron chi connectivity index (χ4n) is 15.2. The Labute approximate surface area is 777 Å². The van der Waals surface area contributed by atoms with Gasteiger partial charge < -0.3 is 138 Å². The fraction of sp³-hybridized carbons (Fsp3) is 0.690. The summed E-state index contributed by atoms with van der Waals surface area (Å²) in [7, 11) is -2.87. The van der Waals surface area contributed by atoms with Crippen LogP contribution in [-0.2, 0) is 201 Å². The highest BCUT2D eigenvalue weighted by atomic mass is 28.4. The van der Waals surface area contributed by atoms with E-state index in [1.54, 1.807) is 30.3 Å². The first-order chi connectivity index (χ1) is 63.4. The monoisotopic (exact) mass is 1940 g/mol. The molecule has 32 atom stereocenters. The maximum absolute atomic E-state index is 15.4. The van der Waals surface area contributed by atoms with E-state index in [4.69, 9.17) is 128 Å². The summed E-state index contributed by atoms with van der Waals surface area (Å²) in [5.41, 5.74) is 11.1. The Morgan fingerprint density at radius 2 is 0.763 bits per heavy atom. The summed E-state index contributed by atoms with van der Waals surface area (Å²) in [6.45, 7) is 23.6. The summed E-state index contributed by atoms with van der Waals surface area (Å²) in [5.74, 6) is -17.3. The molecule has 0 bridgehead atoms. The zero-order valence-electron chi connectivity index (χ0n) is 78.7. The van der Waals surface area contributed by atoms with Crippen LogP contribution in [0.5, 0.6) is 0 Å². The van der Waals surface area contributed by atoms with Gasteiger partial charge >= 0.3 is 83.6 Å². The highest BCUT2D eigenvalue weighted by molar-refractivity contribution is 6.74. The van der Waals surface area contributed by atoms with Crippen LogP contribution in [0.2, 0.25) is 18.1 Å². The number of hydrogen-bond donors (Lipinski definition) is 2. The number of rotatable bonds is 38. The Balaban J connectivity index is 1.43. The molecule has 1 amide bonds. The summed E-state index contributed by atoms with van der Waals surface area (Å²) >= 11 is 0. The second kappa shape index (κ2) is 49.5. The third-order valence-corrected chi connectivity index (χ3v) is 26.8. The van der Waals surface area contributed by atoms with Crippen molar-refractivity contribution in [2.24, 2.45) is 11.0 Å². The first kappa shape index (κ1) is 110. The van der Waals surface area contributed by atoms with Gasteiger partial charge in [-0.15, -0.1) is 0 Å². The normalized spacial score (nSPS) is 32.2. The molecule has 0 saturated carbocycles. The second-order valence-corrected chi connectivity index (χ2v) is 38.9. The molecule has 6 heterocycles. The van der Waals surface area contributed by atoms with Crippen molar-refractivity contribution in [1.82, 2.24) is 5.32 Å². The molecule has 6 saturated heterocycles. The zero-order valence-corrected chi connectivity index (χ0v) is 79.7. The molecule has 6 aliphatic heterocycles. The molecule has 0 aliphatic carbocycles. The van der Waals surface area contributed by atoms with Crippen LogP contribution in [0.1, 0.15) is 154 Å². The molecule has 135 heavy (non-hydrogen) atoms. The van der Waals surface area contributed by atoms with Crippen molar-refractivity contribution in [3.63, 3.8) is 0 Å². The smallest absolute Gasteiger partial charge is 0.338 e. The molecule has 750 valence electrons. The Kier molecular flexibility index (Phi) is 40.2. The average Bonchev–Trinajstić information content (AvgIpc) is 0.754. The summed E-state index contributed by atoms with van der Waals surface area (Å²) in [4.78, 5) is 208. The number of amides is 1. The van der Waals surface area contributed by atoms with Gasteiger partial charge in [-0.2, -0.15) is 0 Å². The molecule has 18 unspecified atom stereocenters. The van der Waals surface area contributed by atoms with E-state index in [-0.39, 0.29) is 12.2 Å². The molecule has 47 nitrogen and oxygen atoms in total.